The summed E-state index contributed by atoms with van der Waals surface area (Å²) in [6, 6.07) is 3.41. The molecule has 1 aliphatic rings. The molecule has 0 bridgehead atoms. The lowest BCUT2D eigenvalue weighted by Gasteiger charge is -2.37. The fourth-order valence-corrected chi connectivity index (χ4v) is 1.77. The molecular formula is C10H19N3. The van der Waals surface area contributed by atoms with Crippen molar-refractivity contribution in [3.05, 3.63) is 0 Å². The Balaban J connectivity index is 2.26. The predicted molar refractivity (Wildman–Crippen MR) is 53.3 cm³/mol. The Kier molecular flexibility index (Phi) is 4.20. The first-order valence-electron chi connectivity index (χ1n) is 5.08. The monoisotopic (exact) mass is 181 g/mol. The molecule has 2 unspecified atom stereocenters. The fourth-order valence-electron chi connectivity index (χ4n) is 1.77. The lowest BCUT2D eigenvalue weighted by atomic mass is 10.1. The average molecular weight is 181 g/mol. The minimum Gasteiger partial charge on any atom is -0.311 e. The van der Waals surface area contributed by atoms with Crippen LogP contribution < -0.4 is 5.32 Å². The number of nitrogens with one attached hydrogen (secondary N) is 1. The van der Waals surface area contributed by atoms with Crippen LogP contribution in [0.5, 0.6) is 0 Å². The highest BCUT2D eigenvalue weighted by Crippen LogP contribution is 2.07. The van der Waals surface area contributed by atoms with Crippen LogP contribution in [0.2, 0.25) is 0 Å². The number of hydrogen-bond donors (Lipinski definition) is 1. The van der Waals surface area contributed by atoms with Crippen LogP contribution in [-0.4, -0.2) is 36.6 Å². The van der Waals surface area contributed by atoms with Crippen molar-refractivity contribution in [3.63, 3.8) is 0 Å². The summed E-state index contributed by atoms with van der Waals surface area (Å²) in [5.74, 6) is 0. The maximum Gasteiger partial charge on any atom is 0.0622 e. The highest BCUT2D eigenvalue weighted by Gasteiger charge is 2.21. The van der Waals surface area contributed by atoms with Crippen molar-refractivity contribution in [1.29, 1.82) is 5.26 Å². The van der Waals surface area contributed by atoms with Crippen molar-refractivity contribution < 1.29 is 0 Å². The van der Waals surface area contributed by atoms with Gasteiger partial charge in [-0.05, 0) is 26.8 Å². The molecule has 3 heteroatoms. The summed E-state index contributed by atoms with van der Waals surface area (Å²) in [7, 11) is 0. The topological polar surface area (TPSA) is 39.1 Å². The van der Waals surface area contributed by atoms with Crippen LogP contribution in [0.3, 0.4) is 0 Å². The van der Waals surface area contributed by atoms with E-state index in [1.54, 1.807) is 0 Å². The molecule has 0 radical (unpaired) electrons. The summed E-state index contributed by atoms with van der Waals surface area (Å²) >= 11 is 0. The lowest BCUT2D eigenvalue weighted by Crippen LogP contribution is -2.54. The van der Waals surface area contributed by atoms with E-state index in [0.29, 0.717) is 18.5 Å². The van der Waals surface area contributed by atoms with Gasteiger partial charge in [-0.25, -0.2) is 0 Å². The molecule has 1 aliphatic heterocycles. The molecule has 13 heavy (non-hydrogen) atoms. The molecule has 0 saturated carbocycles. The third-order valence-electron chi connectivity index (χ3n) is 2.63. The Bertz CT molecular complexity index is 185. The minimum absolute atomic E-state index is 0.596. The summed E-state index contributed by atoms with van der Waals surface area (Å²) < 4.78 is 0. The van der Waals surface area contributed by atoms with E-state index < -0.39 is 0 Å². The van der Waals surface area contributed by atoms with Crippen LogP contribution in [0.15, 0.2) is 0 Å². The maximum absolute atomic E-state index is 8.43. The zero-order chi connectivity index (χ0) is 9.68. The van der Waals surface area contributed by atoms with E-state index in [9.17, 15) is 0 Å². The fraction of sp³-hybridized carbons (Fsp3) is 0.900. The van der Waals surface area contributed by atoms with Gasteiger partial charge < -0.3 is 5.32 Å². The SMILES string of the molecule is CC1CN(CCCC#N)C(C)CN1. The summed E-state index contributed by atoms with van der Waals surface area (Å²) in [6.45, 7) is 7.72. The zero-order valence-corrected chi connectivity index (χ0v) is 8.58. The van der Waals surface area contributed by atoms with E-state index in [2.05, 4.69) is 30.1 Å². The van der Waals surface area contributed by atoms with Gasteiger partial charge in [-0.2, -0.15) is 5.26 Å². The van der Waals surface area contributed by atoms with E-state index in [4.69, 9.17) is 5.26 Å². The molecule has 1 heterocycles. The molecule has 0 aliphatic carbocycles. The Hall–Kier alpha value is -0.590. The van der Waals surface area contributed by atoms with Gasteiger partial charge in [0.1, 0.15) is 0 Å². The second kappa shape index (κ2) is 5.21. The molecule has 0 aromatic carbocycles. The van der Waals surface area contributed by atoms with Gasteiger partial charge in [0.25, 0.3) is 0 Å². The van der Waals surface area contributed by atoms with Crippen molar-refractivity contribution in [2.45, 2.75) is 38.8 Å². The summed E-state index contributed by atoms with van der Waals surface area (Å²) in [5, 5.41) is 11.9. The van der Waals surface area contributed by atoms with E-state index in [0.717, 1.165) is 26.1 Å². The van der Waals surface area contributed by atoms with E-state index in [-0.39, 0.29) is 0 Å². The number of nitrogens with zero attached hydrogens (tertiary/aromatic N) is 2. The van der Waals surface area contributed by atoms with Crippen LogP contribution >= 0.6 is 0 Å². The molecule has 0 amide bonds. The van der Waals surface area contributed by atoms with E-state index in [1.165, 1.54) is 0 Å². The van der Waals surface area contributed by atoms with Gasteiger partial charge in [0.2, 0.25) is 0 Å². The predicted octanol–water partition coefficient (Wildman–Crippen LogP) is 0.972. The molecule has 74 valence electrons. The summed E-state index contributed by atoms with van der Waals surface area (Å²) in [4.78, 5) is 2.47. The smallest absolute Gasteiger partial charge is 0.0622 e. The Labute approximate surface area is 80.7 Å². The molecule has 1 N–H and O–H groups in total. The summed E-state index contributed by atoms with van der Waals surface area (Å²) in [6.07, 6.45) is 1.69. The second-order valence-electron chi connectivity index (χ2n) is 3.91. The third kappa shape index (κ3) is 3.33. The molecule has 3 nitrogen and oxygen atoms in total. The Morgan fingerprint density at radius 3 is 3.00 bits per heavy atom. The molecule has 1 fully saturated rings. The van der Waals surface area contributed by atoms with Gasteiger partial charge in [-0.3, -0.25) is 4.90 Å². The van der Waals surface area contributed by atoms with Crippen LogP contribution in [0.25, 0.3) is 0 Å². The van der Waals surface area contributed by atoms with Gasteiger partial charge in [-0.1, -0.05) is 0 Å². The zero-order valence-electron chi connectivity index (χ0n) is 8.58. The number of nitriles is 1. The van der Waals surface area contributed by atoms with Gasteiger partial charge in [0, 0.05) is 31.6 Å². The molecule has 0 spiro atoms. The maximum atomic E-state index is 8.43. The first-order valence-corrected chi connectivity index (χ1v) is 5.08. The second-order valence-corrected chi connectivity index (χ2v) is 3.91. The highest BCUT2D eigenvalue weighted by atomic mass is 15.2. The Morgan fingerprint density at radius 1 is 1.54 bits per heavy atom. The van der Waals surface area contributed by atoms with E-state index >= 15 is 0 Å². The molecule has 2 atom stereocenters. The lowest BCUT2D eigenvalue weighted by molar-refractivity contribution is 0.145. The molecule has 0 aromatic rings. The molecule has 1 saturated heterocycles. The minimum atomic E-state index is 0.596. The van der Waals surface area contributed by atoms with Crippen LogP contribution in [0.1, 0.15) is 26.7 Å². The third-order valence-corrected chi connectivity index (χ3v) is 2.63. The quantitative estimate of drug-likeness (QED) is 0.659. The van der Waals surface area contributed by atoms with Crippen molar-refractivity contribution in [1.82, 2.24) is 10.2 Å². The molecule has 1 rings (SSSR count). The van der Waals surface area contributed by atoms with Crippen molar-refractivity contribution >= 4 is 0 Å². The number of rotatable bonds is 3. The van der Waals surface area contributed by atoms with Crippen molar-refractivity contribution in [3.8, 4) is 6.07 Å². The number of piperazine rings is 1. The Morgan fingerprint density at radius 2 is 2.31 bits per heavy atom. The van der Waals surface area contributed by atoms with Gasteiger partial charge in [0.05, 0.1) is 6.07 Å². The van der Waals surface area contributed by atoms with E-state index in [1.807, 2.05) is 0 Å². The van der Waals surface area contributed by atoms with Gasteiger partial charge in [-0.15, -0.1) is 0 Å². The normalized spacial score (nSPS) is 29.9. The molecule has 0 aromatic heterocycles. The van der Waals surface area contributed by atoms with Gasteiger partial charge in [0.15, 0.2) is 0 Å². The first kappa shape index (κ1) is 10.5. The number of unbranched alkanes of at least 4 members (excludes halogenated alkanes) is 1. The largest absolute Gasteiger partial charge is 0.311 e. The van der Waals surface area contributed by atoms with Gasteiger partial charge >= 0.3 is 0 Å². The van der Waals surface area contributed by atoms with Crippen LogP contribution in [0, 0.1) is 11.3 Å². The highest BCUT2D eigenvalue weighted by molar-refractivity contribution is 4.82. The van der Waals surface area contributed by atoms with Crippen molar-refractivity contribution in [2.75, 3.05) is 19.6 Å². The molecular weight excluding hydrogens is 162 g/mol. The van der Waals surface area contributed by atoms with Crippen LogP contribution in [-0.2, 0) is 0 Å². The first-order chi connectivity index (χ1) is 6.24. The average Bonchev–Trinajstić information content (AvgIpc) is 2.11. The van der Waals surface area contributed by atoms with Crippen LogP contribution in [0.4, 0.5) is 0 Å². The summed E-state index contributed by atoms with van der Waals surface area (Å²) in [5.41, 5.74) is 0. The van der Waals surface area contributed by atoms with Crippen molar-refractivity contribution in [2.24, 2.45) is 0 Å². The standard InChI is InChI=1S/C10H19N3/c1-9-8-13(6-4-3-5-11)10(2)7-12-9/h9-10,12H,3-4,6-8H2,1-2H3. The number of hydrogen-bond acceptors (Lipinski definition) is 3.